The first kappa shape index (κ1) is 13.7. The fraction of sp³-hybridized carbons (Fsp3) is 0.385. The highest BCUT2D eigenvalue weighted by Crippen LogP contribution is 2.26. The fourth-order valence-electron chi connectivity index (χ4n) is 1.94. The summed E-state index contributed by atoms with van der Waals surface area (Å²) >= 11 is 1.61. The molecule has 0 atom stereocenters. The van der Waals surface area contributed by atoms with Crippen molar-refractivity contribution in [3.63, 3.8) is 0 Å². The van der Waals surface area contributed by atoms with Crippen molar-refractivity contribution in [1.82, 2.24) is 24.7 Å². The van der Waals surface area contributed by atoms with Crippen LogP contribution in [0.5, 0.6) is 0 Å². The topological polar surface area (TPSA) is 80.5 Å². The molecule has 0 bridgehead atoms. The largest absolute Gasteiger partial charge is 0.362 e. The first-order valence-corrected chi connectivity index (χ1v) is 7.71. The second kappa shape index (κ2) is 6.04. The molecule has 0 aromatic carbocycles. The van der Waals surface area contributed by atoms with Gasteiger partial charge in [0.15, 0.2) is 5.82 Å². The Kier molecular flexibility index (Phi) is 3.96. The summed E-state index contributed by atoms with van der Waals surface area (Å²) in [5, 5.41) is 17.6. The molecular weight excluding hydrogens is 286 g/mol. The molecule has 3 rings (SSSR count). The van der Waals surface area contributed by atoms with Crippen molar-refractivity contribution < 1.29 is 0 Å². The molecule has 0 spiro atoms. The Bertz CT molecular complexity index is 733. The Hall–Kier alpha value is -2.22. The lowest BCUT2D eigenvalue weighted by Crippen LogP contribution is -2.10. The second-order valence-corrected chi connectivity index (χ2v) is 5.57. The number of nitrogens with one attached hydrogen (secondary N) is 2. The van der Waals surface area contributed by atoms with Crippen molar-refractivity contribution in [1.29, 1.82) is 0 Å². The Morgan fingerprint density at radius 2 is 2.19 bits per heavy atom. The number of fused-ring (bicyclic) bond motifs is 1. The van der Waals surface area contributed by atoms with Crippen LogP contribution in [0, 0.1) is 0 Å². The van der Waals surface area contributed by atoms with Crippen molar-refractivity contribution in [3.8, 4) is 0 Å². The van der Waals surface area contributed by atoms with Crippen LogP contribution in [0.1, 0.15) is 19.2 Å². The fourth-order valence-corrected chi connectivity index (χ4v) is 2.70. The molecule has 3 aromatic rings. The van der Waals surface area contributed by atoms with E-state index in [-0.39, 0.29) is 0 Å². The van der Waals surface area contributed by atoms with Gasteiger partial charge in [-0.05, 0) is 17.9 Å². The molecule has 0 aliphatic carbocycles. The normalized spacial score (nSPS) is 11.0. The molecule has 7 nitrogen and oxygen atoms in total. The van der Waals surface area contributed by atoms with E-state index in [1.807, 2.05) is 23.1 Å². The summed E-state index contributed by atoms with van der Waals surface area (Å²) in [6.45, 7) is 3.55. The average molecular weight is 303 g/mol. The molecule has 0 radical (unpaired) electrons. The zero-order valence-corrected chi connectivity index (χ0v) is 12.8. The predicted octanol–water partition coefficient (Wildman–Crippen LogP) is 2.25. The zero-order chi connectivity index (χ0) is 14.7. The van der Waals surface area contributed by atoms with Crippen LogP contribution in [0.25, 0.3) is 10.2 Å². The minimum Gasteiger partial charge on any atom is -0.362 e. The summed E-state index contributed by atoms with van der Waals surface area (Å²) < 4.78 is 1.88. The molecule has 0 saturated heterocycles. The van der Waals surface area contributed by atoms with Gasteiger partial charge < -0.3 is 15.2 Å². The molecule has 110 valence electrons. The van der Waals surface area contributed by atoms with Gasteiger partial charge in [0.2, 0.25) is 5.95 Å². The SMILES string of the molecule is CCCNc1nc(NCc2nncn2C)c2ccsc2n1. The number of aromatic nitrogens is 5. The predicted molar refractivity (Wildman–Crippen MR) is 84.5 cm³/mol. The lowest BCUT2D eigenvalue weighted by molar-refractivity contribution is 0.810. The van der Waals surface area contributed by atoms with Gasteiger partial charge in [-0.3, -0.25) is 0 Å². The number of thiophene rings is 1. The Balaban J connectivity index is 1.85. The van der Waals surface area contributed by atoms with E-state index in [9.17, 15) is 0 Å². The molecule has 0 amide bonds. The maximum absolute atomic E-state index is 4.56. The van der Waals surface area contributed by atoms with Crippen LogP contribution in [0.15, 0.2) is 17.8 Å². The highest BCUT2D eigenvalue weighted by Gasteiger charge is 2.09. The van der Waals surface area contributed by atoms with Gasteiger partial charge in [0.1, 0.15) is 17.0 Å². The number of nitrogens with zero attached hydrogens (tertiary/aromatic N) is 5. The minimum absolute atomic E-state index is 0.575. The lowest BCUT2D eigenvalue weighted by atomic mass is 10.3. The highest BCUT2D eigenvalue weighted by molar-refractivity contribution is 7.16. The van der Waals surface area contributed by atoms with Gasteiger partial charge >= 0.3 is 0 Å². The molecule has 0 saturated carbocycles. The summed E-state index contributed by atoms with van der Waals surface area (Å²) in [4.78, 5) is 10.1. The molecule has 0 fully saturated rings. The van der Waals surface area contributed by atoms with Crippen molar-refractivity contribution in [3.05, 3.63) is 23.6 Å². The Morgan fingerprint density at radius 1 is 1.29 bits per heavy atom. The quantitative estimate of drug-likeness (QED) is 0.727. The number of rotatable bonds is 6. The summed E-state index contributed by atoms with van der Waals surface area (Å²) in [5.74, 6) is 2.34. The molecule has 3 heterocycles. The molecular formula is C13H17N7S. The van der Waals surface area contributed by atoms with Crippen molar-refractivity contribution in [2.75, 3.05) is 17.2 Å². The summed E-state index contributed by atoms with van der Waals surface area (Å²) in [7, 11) is 1.92. The van der Waals surface area contributed by atoms with Crippen LogP contribution < -0.4 is 10.6 Å². The molecule has 2 N–H and O–H groups in total. The van der Waals surface area contributed by atoms with Gasteiger partial charge in [0, 0.05) is 13.6 Å². The summed E-state index contributed by atoms with van der Waals surface area (Å²) in [5.41, 5.74) is 0. The zero-order valence-electron chi connectivity index (χ0n) is 12.0. The molecule has 3 aromatic heterocycles. The van der Waals surface area contributed by atoms with Crippen molar-refractivity contribution in [2.24, 2.45) is 7.05 Å². The van der Waals surface area contributed by atoms with E-state index in [1.165, 1.54) is 0 Å². The van der Waals surface area contributed by atoms with Gasteiger partial charge in [-0.25, -0.2) is 4.98 Å². The number of hydrogen-bond donors (Lipinski definition) is 2. The van der Waals surface area contributed by atoms with E-state index in [4.69, 9.17) is 0 Å². The van der Waals surface area contributed by atoms with Crippen LogP contribution in [-0.4, -0.2) is 31.3 Å². The van der Waals surface area contributed by atoms with Crippen LogP contribution >= 0.6 is 11.3 Å². The van der Waals surface area contributed by atoms with E-state index >= 15 is 0 Å². The minimum atomic E-state index is 0.575. The van der Waals surface area contributed by atoms with E-state index in [0.717, 1.165) is 34.8 Å². The lowest BCUT2D eigenvalue weighted by Gasteiger charge is -2.09. The van der Waals surface area contributed by atoms with E-state index in [0.29, 0.717) is 12.5 Å². The second-order valence-electron chi connectivity index (χ2n) is 4.67. The van der Waals surface area contributed by atoms with Crippen LogP contribution in [-0.2, 0) is 13.6 Å². The van der Waals surface area contributed by atoms with Crippen LogP contribution in [0.2, 0.25) is 0 Å². The molecule has 0 unspecified atom stereocenters. The standard InChI is InChI=1S/C13H17N7S/c1-3-5-14-13-17-11(9-4-6-21-12(9)18-13)15-7-10-19-16-8-20(10)2/h4,6,8H,3,5,7H2,1-2H3,(H2,14,15,17,18). The maximum Gasteiger partial charge on any atom is 0.226 e. The van der Waals surface area contributed by atoms with Gasteiger partial charge in [0.25, 0.3) is 0 Å². The third kappa shape index (κ3) is 2.94. The number of aryl methyl sites for hydroxylation is 1. The van der Waals surface area contributed by atoms with Crippen LogP contribution in [0.4, 0.5) is 11.8 Å². The van der Waals surface area contributed by atoms with E-state index in [1.54, 1.807) is 17.7 Å². The first-order chi connectivity index (χ1) is 10.3. The highest BCUT2D eigenvalue weighted by atomic mass is 32.1. The monoisotopic (exact) mass is 303 g/mol. The third-order valence-corrected chi connectivity index (χ3v) is 3.88. The summed E-state index contributed by atoms with van der Waals surface area (Å²) in [6.07, 6.45) is 2.72. The number of hydrogen-bond acceptors (Lipinski definition) is 7. The maximum atomic E-state index is 4.56. The van der Waals surface area contributed by atoms with Crippen molar-refractivity contribution in [2.45, 2.75) is 19.9 Å². The van der Waals surface area contributed by atoms with Crippen LogP contribution in [0.3, 0.4) is 0 Å². The third-order valence-electron chi connectivity index (χ3n) is 3.08. The van der Waals surface area contributed by atoms with Gasteiger partial charge in [-0.15, -0.1) is 21.5 Å². The van der Waals surface area contributed by atoms with E-state index < -0.39 is 0 Å². The Labute approximate surface area is 126 Å². The smallest absolute Gasteiger partial charge is 0.226 e. The van der Waals surface area contributed by atoms with Gasteiger partial charge in [-0.2, -0.15) is 4.98 Å². The first-order valence-electron chi connectivity index (χ1n) is 6.83. The molecule has 0 aliphatic heterocycles. The number of anilines is 2. The average Bonchev–Trinajstić information content (AvgIpc) is 3.11. The van der Waals surface area contributed by atoms with Crippen molar-refractivity contribution >= 4 is 33.3 Å². The Morgan fingerprint density at radius 3 is 2.95 bits per heavy atom. The molecule has 21 heavy (non-hydrogen) atoms. The van der Waals surface area contributed by atoms with E-state index in [2.05, 4.69) is 37.7 Å². The summed E-state index contributed by atoms with van der Waals surface area (Å²) in [6, 6.07) is 2.03. The molecule has 8 heteroatoms. The van der Waals surface area contributed by atoms with Gasteiger partial charge in [0.05, 0.1) is 11.9 Å². The molecule has 0 aliphatic rings. The van der Waals surface area contributed by atoms with Gasteiger partial charge in [-0.1, -0.05) is 6.92 Å².